The Balaban J connectivity index is 1.52. The lowest BCUT2D eigenvalue weighted by Crippen LogP contribution is -2.19. The van der Waals surface area contributed by atoms with E-state index in [9.17, 15) is 8.78 Å². The van der Waals surface area contributed by atoms with E-state index in [1.54, 1.807) is 19.1 Å². The zero-order valence-electron chi connectivity index (χ0n) is 13.1. The number of ether oxygens (including phenoxy) is 2. The summed E-state index contributed by atoms with van der Waals surface area (Å²) in [6.07, 6.45) is 6.86. The second kappa shape index (κ2) is 6.95. The monoisotopic (exact) mass is 310 g/mol. The van der Waals surface area contributed by atoms with Crippen molar-refractivity contribution in [1.82, 2.24) is 0 Å². The molecule has 0 aromatic heterocycles. The zero-order valence-corrected chi connectivity index (χ0v) is 13.1. The van der Waals surface area contributed by atoms with Crippen molar-refractivity contribution in [3.63, 3.8) is 0 Å². The molecule has 1 aromatic rings. The molecule has 3 rings (SSSR count). The summed E-state index contributed by atoms with van der Waals surface area (Å²) in [5.41, 5.74) is 0.466. The van der Waals surface area contributed by atoms with Crippen LogP contribution in [0.4, 0.5) is 8.78 Å². The molecule has 1 saturated heterocycles. The van der Waals surface area contributed by atoms with Gasteiger partial charge in [0.15, 0.2) is 11.6 Å². The van der Waals surface area contributed by atoms with Crippen LogP contribution in [0.3, 0.4) is 0 Å². The van der Waals surface area contributed by atoms with Crippen LogP contribution < -0.4 is 4.74 Å². The number of halogens is 2. The summed E-state index contributed by atoms with van der Waals surface area (Å²) in [4.78, 5) is 0. The molecule has 0 spiro atoms. The quantitative estimate of drug-likeness (QED) is 0.722. The smallest absolute Gasteiger partial charge is 0.200 e. The van der Waals surface area contributed by atoms with Crippen LogP contribution in [-0.4, -0.2) is 19.3 Å². The van der Waals surface area contributed by atoms with Crippen LogP contribution >= 0.6 is 0 Å². The first kappa shape index (κ1) is 15.7. The SMILES string of the molecule is CCOc1ccc(CCC2CCC(C3CO3)CC2)c(F)c1F. The average molecular weight is 310 g/mol. The Hall–Kier alpha value is -1.16. The van der Waals surface area contributed by atoms with Gasteiger partial charge in [-0.1, -0.05) is 18.9 Å². The minimum Gasteiger partial charge on any atom is -0.491 e. The number of hydrogen-bond donors (Lipinski definition) is 0. The van der Waals surface area contributed by atoms with Crippen molar-refractivity contribution in [1.29, 1.82) is 0 Å². The molecule has 2 fully saturated rings. The molecule has 0 amide bonds. The van der Waals surface area contributed by atoms with Gasteiger partial charge in [-0.15, -0.1) is 0 Å². The lowest BCUT2D eigenvalue weighted by Gasteiger charge is -2.27. The van der Waals surface area contributed by atoms with Crippen LogP contribution in [0.1, 0.15) is 44.6 Å². The summed E-state index contributed by atoms with van der Waals surface area (Å²) < 4.78 is 38.3. The number of aryl methyl sites for hydroxylation is 1. The third-order valence-corrected chi connectivity index (χ3v) is 5.02. The Morgan fingerprint density at radius 2 is 1.86 bits per heavy atom. The van der Waals surface area contributed by atoms with Crippen molar-refractivity contribution in [2.45, 2.75) is 51.6 Å². The second-order valence-corrected chi connectivity index (χ2v) is 6.48. The molecule has 1 heterocycles. The second-order valence-electron chi connectivity index (χ2n) is 6.48. The number of benzene rings is 1. The molecule has 1 aromatic carbocycles. The molecule has 1 aliphatic heterocycles. The molecule has 0 bridgehead atoms. The van der Waals surface area contributed by atoms with Gasteiger partial charge in [0.1, 0.15) is 0 Å². The zero-order chi connectivity index (χ0) is 15.5. The van der Waals surface area contributed by atoms with E-state index in [1.807, 2.05) is 0 Å². The maximum Gasteiger partial charge on any atom is 0.200 e. The highest BCUT2D eigenvalue weighted by Crippen LogP contribution is 2.38. The van der Waals surface area contributed by atoms with E-state index in [-0.39, 0.29) is 5.75 Å². The third kappa shape index (κ3) is 3.60. The molecule has 22 heavy (non-hydrogen) atoms. The first-order chi connectivity index (χ1) is 10.7. The van der Waals surface area contributed by atoms with Gasteiger partial charge in [0, 0.05) is 0 Å². The van der Waals surface area contributed by atoms with Gasteiger partial charge in [0.25, 0.3) is 0 Å². The molecule has 1 atom stereocenters. The van der Waals surface area contributed by atoms with Crippen LogP contribution in [0.2, 0.25) is 0 Å². The van der Waals surface area contributed by atoms with Crippen LogP contribution in [0.15, 0.2) is 12.1 Å². The van der Waals surface area contributed by atoms with Crippen LogP contribution in [0.5, 0.6) is 5.75 Å². The minimum absolute atomic E-state index is 0.00805. The van der Waals surface area contributed by atoms with Crippen molar-refractivity contribution < 1.29 is 18.3 Å². The number of rotatable bonds is 6. The first-order valence-corrected chi connectivity index (χ1v) is 8.40. The van der Waals surface area contributed by atoms with Gasteiger partial charge in [-0.25, -0.2) is 4.39 Å². The van der Waals surface area contributed by atoms with E-state index < -0.39 is 11.6 Å². The Morgan fingerprint density at radius 3 is 2.50 bits per heavy atom. The van der Waals surface area contributed by atoms with Crippen LogP contribution in [-0.2, 0) is 11.2 Å². The normalized spacial score (nSPS) is 27.7. The Kier molecular flexibility index (Phi) is 4.97. The van der Waals surface area contributed by atoms with Gasteiger partial charge in [0.2, 0.25) is 5.82 Å². The van der Waals surface area contributed by atoms with E-state index in [0.717, 1.165) is 18.9 Å². The molecule has 4 heteroatoms. The van der Waals surface area contributed by atoms with Gasteiger partial charge in [-0.2, -0.15) is 4.39 Å². The standard InChI is InChI=1S/C18H24F2O2/c1-2-21-15-10-9-14(17(19)18(15)20)8-5-12-3-6-13(7-4-12)16-11-22-16/h9-10,12-13,16H,2-8,11H2,1H3. The van der Waals surface area contributed by atoms with Crippen LogP contribution in [0, 0.1) is 23.5 Å². The maximum absolute atomic E-state index is 14.0. The first-order valence-electron chi connectivity index (χ1n) is 8.40. The van der Waals surface area contributed by atoms with Gasteiger partial charge in [0.05, 0.1) is 19.3 Å². The van der Waals surface area contributed by atoms with E-state index in [4.69, 9.17) is 9.47 Å². The maximum atomic E-state index is 14.0. The third-order valence-electron chi connectivity index (χ3n) is 5.02. The Morgan fingerprint density at radius 1 is 1.14 bits per heavy atom. The summed E-state index contributed by atoms with van der Waals surface area (Å²) in [7, 11) is 0. The largest absolute Gasteiger partial charge is 0.491 e. The van der Waals surface area contributed by atoms with Gasteiger partial charge in [-0.3, -0.25) is 0 Å². The van der Waals surface area contributed by atoms with Crippen molar-refractivity contribution in [3.8, 4) is 5.75 Å². The fourth-order valence-corrected chi connectivity index (χ4v) is 3.57. The van der Waals surface area contributed by atoms with E-state index >= 15 is 0 Å². The molecular weight excluding hydrogens is 286 g/mol. The molecule has 0 radical (unpaired) electrons. The van der Waals surface area contributed by atoms with Crippen molar-refractivity contribution in [2.75, 3.05) is 13.2 Å². The summed E-state index contributed by atoms with van der Waals surface area (Å²) in [5, 5.41) is 0. The Bertz CT molecular complexity index is 506. The Labute approximate surface area is 130 Å². The summed E-state index contributed by atoms with van der Waals surface area (Å²) >= 11 is 0. The molecule has 1 unspecified atom stereocenters. The highest BCUT2D eigenvalue weighted by Gasteiger charge is 2.35. The highest BCUT2D eigenvalue weighted by atomic mass is 19.2. The van der Waals surface area contributed by atoms with Gasteiger partial charge >= 0.3 is 0 Å². The van der Waals surface area contributed by atoms with Crippen molar-refractivity contribution in [2.24, 2.45) is 11.8 Å². The predicted octanol–water partition coefficient (Wildman–Crippen LogP) is 4.50. The van der Waals surface area contributed by atoms with Crippen LogP contribution in [0.25, 0.3) is 0 Å². The van der Waals surface area contributed by atoms with E-state index in [2.05, 4.69) is 0 Å². The molecule has 0 N–H and O–H groups in total. The fraction of sp³-hybridized carbons (Fsp3) is 0.667. The lowest BCUT2D eigenvalue weighted by molar-refractivity contribution is 0.217. The van der Waals surface area contributed by atoms with E-state index in [0.29, 0.717) is 30.6 Å². The molecule has 1 aliphatic carbocycles. The molecule has 1 saturated carbocycles. The average Bonchev–Trinajstić information content (AvgIpc) is 3.37. The lowest BCUT2D eigenvalue weighted by atomic mass is 9.78. The van der Waals surface area contributed by atoms with Gasteiger partial charge in [-0.05, 0) is 56.1 Å². The predicted molar refractivity (Wildman–Crippen MR) is 81.0 cm³/mol. The van der Waals surface area contributed by atoms with Crippen molar-refractivity contribution >= 4 is 0 Å². The summed E-state index contributed by atoms with van der Waals surface area (Å²) in [6.45, 7) is 3.03. The molecule has 2 aliphatic rings. The number of hydrogen-bond acceptors (Lipinski definition) is 2. The fourth-order valence-electron chi connectivity index (χ4n) is 3.57. The van der Waals surface area contributed by atoms with Crippen molar-refractivity contribution in [3.05, 3.63) is 29.3 Å². The highest BCUT2D eigenvalue weighted by molar-refractivity contribution is 5.31. The topological polar surface area (TPSA) is 21.8 Å². The van der Waals surface area contributed by atoms with E-state index in [1.165, 1.54) is 25.7 Å². The molecule has 2 nitrogen and oxygen atoms in total. The van der Waals surface area contributed by atoms with Gasteiger partial charge < -0.3 is 9.47 Å². The molecule has 122 valence electrons. The molecular formula is C18H24F2O2. The minimum atomic E-state index is -0.853. The summed E-state index contributed by atoms with van der Waals surface area (Å²) in [5.74, 6) is -0.228. The summed E-state index contributed by atoms with van der Waals surface area (Å²) in [6, 6.07) is 3.20. The number of epoxide rings is 1.